The summed E-state index contributed by atoms with van der Waals surface area (Å²) >= 11 is 0. The van der Waals surface area contributed by atoms with Crippen molar-refractivity contribution < 1.29 is 5.11 Å². The summed E-state index contributed by atoms with van der Waals surface area (Å²) in [6.07, 6.45) is 4.84. The number of nitrogens with zero attached hydrogens (tertiary/aromatic N) is 2. The van der Waals surface area contributed by atoms with E-state index in [9.17, 15) is 5.11 Å². The molecule has 122 valence electrons. The van der Waals surface area contributed by atoms with E-state index in [4.69, 9.17) is 5.73 Å². The second-order valence-electron chi connectivity index (χ2n) is 7.39. The predicted octanol–water partition coefficient (Wildman–Crippen LogP) is 2.53. The molecule has 6 heteroatoms. The number of pyridine rings is 1. The third-order valence-corrected chi connectivity index (χ3v) is 5.52. The quantitative estimate of drug-likeness (QED) is 0.592. The van der Waals surface area contributed by atoms with Crippen LogP contribution in [-0.2, 0) is 0 Å². The molecule has 2 bridgehead atoms. The highest BCUT2D eigenvalue weighted by atomic mass is 16.3. The van der Waals surface area contributed by atoms with Crippen LogP contribution in [0.1, 0.15) is 19.3 Å². The van der Waals surface area contributed by atoms with Gasteiger partial charge in [0.15, 0.2) is 0 Å². The van der Waals surface area contributed by atoms with E-state index in [1.54, 1.807) is 6.20 Å². The molecule has 1 aromatic carbocycles. The normalized spacial score (nSPS) is 27.5. The molecular formula is C18H19N5O. The highest BCUT2D eigenvalue weighted by Crippen LogP contribution is 2.68. The Morgan fingerprint density at radius 2 is 2.04 bits per heavy atom. The topological polar surface area (TPSA) is 99.9 Å². The fourth-order valence-electron chi connectivity index (χ4n) is 4.52. The molecule has 0 saturated heterocycles. The van der Waals surface area contributed by atoms with Crippen LogP contribution >= 0.6 is 0 Å². The number of H-pyrrole nitrogens is 1. The summed E-state index contributed by atoms with van der Waals surface area (Å²) in [5, 5.41) is 21.1. The van der Waals surface area contributed by atoms with Gasteiger partial charge in [0.2, 0.25) is 0 Å². The molecule has 0 aliphatic heterocycles. The summed E-state index contributed by atoms with van der Waals surface area (Å²) in [5.41, 5.74) is 10.2. The summed E-state index contributed by atoms with van der Waals surface area (Å²) in [7, 11) is 0. The number of aromatic amines is 1. The van der Waals surface area contributed by atoms with Gasteiger partial charge in [-0.05, 0) is 31.4 Å². The molecule has 0 atom stereocenters. The van der Waals surface area contributed by atoms with Crippen LogP contribution in [0.15, 0.2) is 36.5 Å². The molecule has 0 amide bonds. The zero-order valence-corrected chi connectivity index (χ0v) is 13.2. The van der Waals surface area contributed by atoms with E-state index in [0.29, 0.717) is 12.4 Å². The SMILES string of the molecule is Nc1cc(NC23CC(CO)(C2)C3)c2ccc(-c3ccn[nH]3)cc2n1. The third-order valence-electron chi connectivity index (χ3n) is 5.52. The fourth-order valence-corrected chi connectivity index (χ4v) is 4.52. The molecule has 0 radical (unpaired) electrons. The van der Waals surface area contributed by atoms with E-state index in [2.05, 4.69) is 32.6 Å². The lowest BCUT2D eigenvalue weighted by molar-refractivity contribution is -0.146. The number of nitrogens with two attached hydrogens (primary N) is 1. The van der Waals surface area contributed by atoms with Crippen LogP contribution in [-0.4, -0.2) is 32.4 Å². The number of benzene rings is 1. The van der Waals surface area contributed by atoms with Gasteiger partial charge in [-0.2, -0.15) is 5.10 Å². The van der Waals surface area contributed by atoms with Gasteiger partial charge in [-0.3, -0.25) is 5.10 Å². The summed E-state index contributed by atoms with van der Waals surface area (Å²) in [6.45, 7) is 0.295. The number of aromatic nitrogens is 3. The minimum absolute atomic E-state index is 0.130. The Kier molecular flexibility index (Phi) is 2.58. The Morgan fingerprint density at radius 1 is 1.21 bits per heavy atom. The maximum Gasteiger partial charge on any atom is 0.126 e. The molecule has 3 aliphatic rings. The van der Waals surface area contributed by atoms with Crippen molar-refractivity contribution in [2.45, 2.75) is 24.8 Å². The summed E-state index contributed by atoms with van der Waals surface area (Å²) in [4.78, 5) is 4.49. The molecule has 24 heavy (non-hydrogen) atoms. The van der Waals surface area contributed by atoms with E-state index < -0.39 is 0 Å². The van der Waals surface area contributed by atoms with Gasteiger partial charge >= 0.3 is 0 Å². The number of rotatable bonds is 4. The molecule has 3 aromatic rings. The number of nitrogen functional groups attached to an aromatic ring is 1. The highest BCUT2D eigenvalue weighted by Gasteiger charge is 2.67. The Hall–Kier alpha value is -2.60. The van der Waals surface area contributed by atoms with Crippen molar-refractivity contribution in [1.29, 1.82) is 0 Å². The van der Waals surface area contributed by atoms with Crippen LogP contribution < -0.4 is 11.1 Å². The maximum absolute atomic E-state index is 9.43. The Labute approximate surface area is 139 Å². The zero-order valence-electron chi connectivity index (χ0n) is 13.2. The predicted molar refractivity (Wildman–Crippen MR) is 93.5 cm³/mol. The standard InChI is InChI=1S/C18H19N5O/c19-16-6-15(22-18-7-17(8-18,9-18)10-24)12-2-1-11(5-14(12)21-16)13-3-4-20-23-13/h1-6,24H,7-10H2,(H,20,23)(H3,19,21,22). The molecule has 5 N–H and O–H groups in total. The van der Waals surface area contributed by atoms with Gasteiger partial charge in [-0.25, -0.2) is 4.98 Å². The van der Waals surface area contributed by atoms with Crippen molar-refractivity contribution in [2.75, 3.05) is 17.7 Å². The van der Waals surface area contributed by atoms with Gasteiger partial charge in [-0.1, -0.05) is 12.1 Å². The molecule has 3 saturated carbocycles. The molecule has 3 aliphatic carbocycles. The van der Waals surface area contributed by atoms with Gasteiger partial charge in [0, 0.05) is 46.5 Å². The van der Waals surface area contributed by atoms with Gasteiger partial charge < -0.3 is 16.2 Å². The number of nitrogens with one attached hydrogen (secondary N) is 2. The zero-order chi connectivity index (χ0) is 16.4. The van der Waals surface area contributed by atoms with Crippen molar-refractivity contribution >= 4 is 22.4 Å². The van der Waals surface area contributed by atoms with Gasteiger partial charge in [0.1, 0.15) is 5.82 Å². The van der Waals surface area contributed by atoms with E-state index in [1.807, 2.05) is 18.2 Å². The largest absolute Gasteiger partial charge is 0.396 e. The molecule has 0 spiro atoms. The first kappa shape index (κ1) is 13.8. The maximum atomic E-state index is 9.43. The number of anilines is 2. The van der Waals surface area contributed by atoms with Gasteiger partial charge in [0.25, 0.3) is 0 Å². The number of aliphatic hydroxyl groups is 1. The number of aliphatic hydroxyl groups excluding tert-OH is 1. The van der Waals surface area contributed by atoms with Crippen molar-refractivity contribution in [3.05, 3.63) is 36.5 Å². The van der Waals surface area contributed by atoms with E-state index in [0.717, 1.165) is 47.1 Å². The van der Waals surface area contributed by atoms with Crippen LogP contribution in [0.3, 0.4) is 0 Å². The highest BCUT2D eigenvalue weighted by molar-refractivity contribution is 5.95. The lowest BCUT2D eigenvalue weighted by Gasteiger charge is -2.70. The lowest BCUT2D eigenvalue weighted by atomic mass is 9.39. The first-order valence-corrected chi connectivity index (χ1v) is 8.20. The van der Waals surface area contributed by atoms with E-state index in [1.165, 1.54) is 0 Å². The van der Waals surface area contributed by atoms with Crippen molar-refractivity contribution in [3.63, 3.8) is 0 Å². The number of hydrogen-bond donors (Lipinski definition) is 4. The van der Waals surface area contributed by atoms with Crippen LogP contribution in [0.2, 0.25) is 0 Å². The molecule has 3 fully saturated rings. The first-order chi connectivity index (χ1) is 11.6. The van der Waals surface area contributed by atoms with Gasteiger partial charge in [-0.15, -0.1) is 0 Å². The lowest BCUT2D eigenvalue weighted by Crippen LogP contribution is -2.72. The van der Waals surface area contributed by atoms with E-state index in [-0.39, 0.29) is 11.0 Å². The van der Waals surface area contributed by atoms with Crippen molar-refractivity contribution in [3.8, 4) is 11.3 Å². The minimum Gasteiger partial charge on any atom is -0.396 e. The van der Waals surface area contributed by atoms with Crippen LogP contribution in [0.25, 0.3) is 22.2 Å². The molecule has 2 heterocycles. The molecule has 6 nitrogen and oxygen atoms in total. The average Bonchev–Trinajstić information content (AvgIpc) is 3.02. The Bertz CT molecular complexity index is 914. The average molecular weight is 321 g/mol. The summed E-state index contributed by atoms with van der Waals surface area (Å²) in [6, 6.07) is 10.0. The van der Waals surface area contributed by atoms with Gasteiger partial charge in [0.05, 0.1) is 11.2 Å². The monoisotopic (exact) mass is 321 g/mol. The molecular weight excluding hydrogens is 302 g/mol. The van der Waals surface area contributed by atoms with Crippen LogP contribution in [0.4, 0.5) is 11.5 Å². The second-order valence-corrected chi connectivity index (χ2v) is 7.39. The summed E-state index contributed by atoms with van der Waals surface area (Å²) < 4.78 is 0. The van der Waals surface area contributed by atoms with Crippen molar-refractivity contribution in [2.24, 2.45) is 5.41 Å². The van der Waals surface area contributed by atoms with Crippen LogP contribution in [0.5, 0.6) is 0 Å². The third kappa shape index (κ3) is 1.86. The number of hydrogen-bond acceptors (Lipinski definition) is 5. The fraction of sp³-hybridized carbons (Fsp3) is 0.333. The van der Waals surface area contributed by atoms with E-state index >= 15 is 0 Å². The second kappa shape index (κ2) is 4.48. The minimum atomic E-state index is 0.130. The first-order valence-electron chi connectivity index (χ1n) is 8.20. The molecule has 0 unspecified atom stereocenters. The Balaban J connectivity index is 1.52. The van der Waals surface area contributed by atoms with Crippen LogP contribution in [0, 0.1) is 5.41 Å². The summed E-state index contributed by atoms with van der Waals surface area (Å²) in [5.74, 6) is 0.509. The Morgan fingerprint density at radius 3 is 2.75 bits per heavy atom. The molecule has 2 aromatic heterocycles. The number of fused-ring (bicyclic) bond motifs is 1. The smallest absolute Gasteiger partial charge is 0.126 e. The van der Waals surface area contributed by atoms with Crippen molar-refractivity contribution in [1.82, 2.24) is 15.2 Å². The molecule has 6 rings (SSSR count).